The van der Waals surface area contributed by atoms with Crippen molar-refractivity contribution in [3.8, 4) is 0 Å². The van der Waals surface area contributed by atoms with Crippen molar-refractivity contribution in [2.75, 3.05) is 18.5 Å². The summed E-state index contributed by atoms with van der Waals surface area (Å²) in [7, 11) is -2.29. The molecular formula is C14H16N2O5S. The van der Waals surface area contributed by atoms with Crippen molar-refractivity contribution in [2.45, 2.75) is 24.2 Å². The van der Waals surface area contributed by atoms with Crippen LogP contribution >= 0.6 is 0 Å². The fourth-order valence-corrected chi connectivity index (χ4v) is 3.51. The lowest BCUT2D eigenvalue weighted by Gasteiger charge is -2.21. The fraction of sp³-hybridized carbons (Fsp3) is 0.429. The second-order valence-electron chi connectivity index (χ2n) is 5.59. The monoisotopic (exact) mass is 324 g/mol. The number of benzene rings is 1. The third kappa shape index (κ3) is 2.10. The molecule has 0 saturated heterocycles. The maximum Gasteiger partial charge on any atom is 0.319 e. The Morgan fingerprint density at radius 3 is 2.55 bits per heavy atom. The molecule has 7 nitrogen and oxygen atoms in total. The van der Waals surface area contributed by atoms with Crippen LogP contribution in [0.2, 0.25) is 0 Å². The number of rotatable bonds is 4. The van der Waals surface area contributed by atoms with Crippen LogP contribution in [-0.4, -0.2) is 39.0 Å². The maximum absolute atomic E-state index is 12.5. The number of carboxylic acids is 1. The highest BCUT2D eigenvalue weighted by molar-refractivity contribution is 7.89. The second-order valence-corrected chi connectivity index (χ2v) is 7.48. The van der Waals surface area contributed by atoms with Gasteiger partial charge in [-0.25, -0.2) is 13.1 Å². The molecule has 1 heterocycles. The second kappa shape index (κ2) is 4.79. The van der Waals surface area contributed by atoms with Gasteiger partial charge in [0.05, 0.1) is 4.90 Å². The van der Waals surface area contributed by atoms with Crippen LogP contribution in [0.5, 0.6) is 0 Å². The first-order valence-electron chi connectivity index (χ1n) is 6.94. The number of fused-ring (bicyclic) bond motifs is 1. The van der Waals surface area contributed by atoms with E-state index in [1.54, 1.807) is 6.07 Å². The fourth-order valence-electron chi connectivity index (χ4n) is 2.76. The molecule has 0 aromatic heterocycles. The van der Waals surface area contributed by atoms with Gasteiger partial charge in [0, 0.05) is 12.2 Å². The summed E-state index contributed by atoms with van der Waals surface area (Å²) in [6.45, 7) is 0.381. The van der Waals surface area contributed by atoms with E-state index in [4.69, 9.17) is 0 Å². The Bertz CT molecular complexity index is 767. The van der Waals surface area contributed by atoms with E-state index in [9.17, 15) is 23.1 Å². The van der Waals surface area contributed by atoms with E-state index in [1.807, 2.05) is 0 Å². The van der Waals surface area contributed by atoms with Crippen molar-refractivity contribution in [1.82, 2.24) is 4.72 Å². The van der Waals surface area contributed by atoms with Crippen molar-refractivity contribution >= 4 is 27.6 Å². The zero-order valence-electron chi connectivity index (χ0n) is 12.0. The minimum absolute atomic E-state index is 0.0635. The van der Waals surface area contributed by atoms with Crippen LogP contribution < -0.4 is 9.62 Å². The summed E-state index contributed by atoms with van der Waals surface area (Å²) in [5, 5.41) is 9.25. The van der Waals surface area contributed by atoms with Crippen LogP contribution in [0.4, 0.5) is 5.69 Å². The molecule has 1 aliphatic heterocycles. The number of carbonyl (C=O) groups is 2. The number of anilines is 1. The van der Waals surface area contributed by atoms with Crippen molar-refractivity contribution in [3.05, 3.63) is 23.8 Å². The molecule has 2 aliphatic rings. The van der Waals surface area contributed by atoms with Crippen LogP contribution in [0.3, 0.4) is 0 Å². The molecule has 0 unspecified atom stereocenters. The molecule has 0 bridgehead atoms. The molecular weight excluding hydrogens is 308 g/mol. The van der Waals surface area contributed by atoms with Gasteiger partial charge in [0.15, 0.2) is 0 Å². The Hall–Kier alpha value is -1.93. The van der Waals surface area contributed by atoms with E-state index in [1.165, 1.54) is 24.1 Å². The first-order valence-corrected chi connectivity index (χ1v) is 8.42. The summed E-state index contributed by atoms with van der Waals surface area (Å²) >= 11 is 0. The minimum atomic E-state index is -3.61. The van der Waals surface area contributed by atoms with E-state index in [0.29, 0.717) is 31.5 Å². The molecule has 0 spiro atoms. The predicted molar refractivity (Wildman–Crippen MR) is 78.0 cm³/mol. The van der Waals surface area contributed by atoms with E-state index in [0.717, 1.165) is 5.56 Å². The highest BCUT2D eigenvalue weighted by Crippen LogP contribution is 2.49. The third-order valence-electron chi connectivity index (χ3n) is 4.35. The Kier molecular flexibility index (Phi) is 3.26. The largest absolute Gasteiger partial charge is 0.480 e. The first kappa shape index (κ1) is 15.0. The minimum Gasteiger partial charge on any atom is -0.480 e. The average molecular weight is 324 g/mol. The number of sulfonamides is 1. The number of nitrogens with one attached hydrogen (secondary N) is 1. The first-order chi connectivity index (χ1) is 10.3. The summed E-state index contributed by atoms with van der Waals surface area (Å²) in [6, 6.07) is 4.60. The van der Waals surface area contributed by atoms with E-state index in [-0.39, 0.29) is 4.90 Å². The highest BCUT2D eigenvalue weighted by atomic mass is 32.2. The van der Waals surface area contributed by atoms with Crippen LogP contribution in [0.25, 0.3) is 0 Å². The lowest BCUT2D eigenvalue weighted by Crippen LogP contribution is -2.40. The Morgan fingerprint density at radius 2 is 2.00 bits per heavy atom. The molecule has 118 valence electrons. The third-order valence-corrected chi connectivity index (χ3v) is 5.76. The normalized spacial score (nSPS) is 18.9. The zero-order chi connectivity index (χ0) is 16.1. The number of carbonyl (C=O) groups excluding carboxylic acids is 1. The van der Waals surface area contributed by atoms with Crippen LogP contribution in [0.15, 0.2) is 23.1 Å². The van der Waals surface area contributed by atoms with Gasteiger partial charge in [-0.05, 0) is 44.0 Å². The quantitative estimate of drug-likeness (QED) is 0.778. The zero-order valence-corrected chi connectivity index (χ0v) is 12.8. The summed E-state index contributed by atoms with van der Waals surface area (Å²) in [6.07, 6.45) is 1.26. The van der Waals surface area contributed by atoms with Crippen LogP contribution in [0.1, 0.15) is 18.4 Å². The molecule has 0 radical (unpaired) electrons. The molecule has 0 atom stereocenters. The standard InChI is InChI=1S/C14H16N2O5S/c1-15-22(20,21)10-3-2-9-4-7-16(11(9)8-10)12(17)14(5-6-14)13(18)19/h2-3,8,15H,4-7H2,1H3,(H,18,19). The Morgan fingerprint density at radius 1 is 1.32 bits per heavy atom. The maximum atomic E-state index is 12.5. The SMILES string of the molecule is CNS(=O)(=O)c1ccc2c(c1)N(C(=O)C1(C(=O)O)CC1)CC2. The molecule has 3 rings (SSSR count). The lowest BCUT2D eigenvalue weighted by atomic mass is 10.1. The van der Waals surface area contributed by atoms with Gasteiger partial charge in [-0.2, -0.15) is 0 Å². The number of hydrogen-bond acceptors (Lipinski definition) is 4. The van der Waals surface area contributed by atoms with Gasteiger partial charge in [0.25, 0.3) is 0 Å². The van der Waals surface area contributed by atoms with Gasteiger partial charge in [-0.15, -0.1) is 0 Å². The van der Waals surface area contributed by atoms with Crippen molar-refractivity contribution < 1.29 is 23.1 Å². The number of nitrogens with zero attached hydrogens (tertiary/aromatic N) is 1. The molecule has 1 aromatic rings. The van der Waals surface area contributed by atoms with E-state index in [2.05, 4.69) is 4.72 Å². The molecule has 1 amide bonds. The lowest BCUT2D eigenvalue weighted by molar-refractivity contribution is -0.148. The number of aliphatic carboxylic acids is 1. The highest BCUT2D eigenvalue weighted by Gasteiger charge is 2.59. The van der Waals surface area contributed by atoms with Crippen molar-refractivity contribution in [1.29, 1.82) is 0 Å². The van der Waals surface area contributed by atoms with Crippen molar-refractivity contribution in [2.24, 2.45) is 5.41 Å². The molecule has 1 aliphatic carbocycles. The molecule has 1 fully saturated rings. The summed E-state index contributed by atoms with van der Waals surface area (Å²) in [5.41, 5.74) is 0.0258. The summed E-state index contributed by atoms with van der Waals surface area (Å²) in [5.74, 6) is -1.55. The van der Waals surface area contributed by atoms with Gasteiger partial charge < -0.3 is 10.0 Å². The molecule has 8 heteroatoms. The predicted octanol–water partition coefficient (Wildman–Crippen LogP) is 0.349. The Labute approximate surface area is 128 Å². The van der Waals surface area contributed by atoms with Gasteiger partial charge in [-0.3, -0.25) is 9.59 Å². The molecule has 1 aromatic carbocycles. The van der Waals surface area contributed by atoms with Crippen LogP contribution in [-0.2, 0) is 26.0 Å². The Balaban J connectivity index is 1.99. The smallest absolute Gasteiger partial charge is 0.319 e. The van der Waals surface area contributed by atoms with Gasteiger partial charge in [-0.1, -0.05) is 6.07 Å². The molecule has 1 saturated carbocycles. The van der Waals surface area contributed by atoms with E-state index >= 15 is 0 Å². The molecule has 2 N–H and O–H groups in total. The number of amides is 1. The van der Waals surface area contributed by atoms with E-state index < -0.39 is 27.3 Å². The van der Waals surface area contributed by atoms with Gasteiger partial charge in [0.1, 0.15) is 5.41 Å². The topological polar surface area (TPSA) is 104 Å². The molecule has 22 heavy (non-hydrogen) atoms. The van der Waals surface area contributed by atoms with Gasteiger partial charge in [0.2, 0.25) is 15.9 Å². The number of hydrogen-bond donors (Lipinski definition) is 2. The summed E-state index contributed by atoms with van der Waals surface area (Å²) in [4.78, 5) is 25.3. The van der Waals surface area contributed by atoms with Crippen LogP contribution in [0, 0.1) is 5.41 Å². The van der Waals surface area contributed by atoms with Gasteiger partial charge >= 0.3 is 5.97 Å². The average Bonchev–Trinajstić information content (AvgIpc) is 3.20. The number of carboxylic acid groups (broad SMARTS) is 1. The van der Waals surface area contributed by atoms with Crippen molar-refractivity contribution in [3.63, 3.8) is 0 Å². The summed E-state index contributed by atoms with van der Waals surface area (Å²) < 4.78 is 26.0.